The van der Waals surface area contributed by atoms with Gasteiger partial charge in [0.1, 0.15) is 12.4 Å². The zero-order valence-corrected chi connectivity index (χ0v) is 13.3. The van der Waals surface area contributed by atoms with E-state index in [4.69, 9.17) is 9.47 Å². The molecule has 0 aliphatic carbocycles. The minimum absolute atomic E-state index is 0.369. The van der Waals surface area contributed by atoms with E-state index in [9.17, 15) is 4.79 Å². The molecule has 120 valence electrons. The van der Waals surface area contributed by atoms with Crippen molar-refractivity contribution in [1.82, 2.24) is 4.98 Å². The Labute approximate surface area is 140 Å². The summed E-state index contributed by atoms with van der Waals surface area (Å²) in [6.45, 7) is 0.500. The van der Waals surface area contributed by atoms with Crippen molar-refractivity contribution in [3.8, 4) is 17.0 Å². The number of ether oxygens (including phenoxy) is 2. The van der Waals surface area contributed by atoms with E-state index in [0.29, 0.717) is 12.2 Å². The van der Waals surface area contributed by atoms with Gasteiger partial charge in [-0.05, 0) is 29.8 Å². The minimum atomic E-state index is -0.369. The molecule has 0 aliphatic heterocycles. The van der Waals surface area contributed by atoms with E-state index in [2.05, 4.69) is 4.98 Å². The number of carbonyl (C=O) groups is 1. The molecule has 0 saturated heterocycles. The van der Waals surface area contributed by atoms with E-state index >= 15 is 0 Å². The lowest BCUT2D eigenvalue weighted by Crippen LogP contribution is -2.01. The van der Waals surface area contributed by atoms with Crippen LogP contribution < -0.4 is 4.74 Å². The maximum absolute atomic E-state index is 11.6. The Hall–Kier alpha value is -3.14. The molecule has 3 aromatic rings. The second-order valence-electron chi connectivity index (χ2n) is 5.22. The highest BCUT2D eigenvalue weighted by molar-refractivity contribution is 5.90. The summed E-state index contributed by atoms with van der Waals surface area (Å²) in [5.74, 6) is 0.473. The first-order valence-electron chi connectivity index (χ1n) is 7.58. The Balaban J connectivity index is 1.71. The molecule has 0 amide bonds. The summed E-state index contributed by atoms with van der Waals surface area (Å²) in [6.07, 6.45) is 1.61. The predicted molar refractivity (Wildman–Crippen MR) is 91.8 cm³/mol. The fourth-order valence-electron chi connectivity index (χ4n) is 2.29. The fourth-order valence-corrected chi connectivity index (χ4v) is 2.29. The van der Waals surface area contributed by atoms with E-state index in [-0.39, 0.29) is 5.97 Å². The Morgan fingerprint density at radius 3 is 2.46 bits per heavy atom. The predicted octanol–water partition coefficient (Wildman–Crippen LogP) is 4.11. The van der Waals surface area contributed by atoms with Crippen LogP contribution in [0.25, 0.3) is 11.3 Å². The van der Waals surface area contributed by atoms with Crippen LogP contribution in [0.2, 0.25) is 0 Å². The van der Waals surface area contributed by atoms with Gasteiger partial charge in [-0.1, -0.05) is 42.5 Å². The highest BCUT2D eigenvalue weighted by Gasteiger charge is 2.08. The summed E-state index contributed by atoms with van der Waals surface area (Å²) in [6, 6.07) is 21.0. The molecule has 2 aromatic carbocycles. The van der Waals surface area contributed by atoms with Gasteiger partial charge < -0.3 is 9.47 Å². The molecule has 0 radical (unpaired) electrons. The van der Waals surface area contributed by atoms with Crippen molar-refractivity contribution in [3.63, 3.8) is 0 Å². The van der Waals surface area contributed by atoms with Gasteiger partial charge in [0.15, 0.2) is 0 Å². The molecule has 3 rings (SSSR count). The van der Waals surface area contributed by atoms with Gasteiger partial charge in [0.25, 0.3) is 0 Å². The Kier molecular flexibility index (Phi) is 4.87. The standard InChI is InChI=1S/C20H17NO3/c1-23-20(22)17-11-12-21-19(13-17)16-9-7-15(8-10-16)14-24-18-5-3-2-4-6-18/h2-13H,14H2,1H3. The van der Waals surface area contributed by atoms with Crippen molar-refractivity contribution < 1.29 is 14.3 Å². The van der Waals surface area contributed by atoms with E-state index in [0.717, 1.165) is 22.6 Å². The molecule has 0 spiro atoms. The Morgan fingerprint density at radius 2 is 1.75 bits per heavy atom. The summed E-state index contributed by atoms with van der Waals surface area (Å²) in [4.78, 5) is 15.9. The van der Waals surface area contributed by atoms with Crippen LogP contribution in [0.3, 0.4) is 0 Å². The van der Waals surface area contributed by atoms with E-state index in [1.807, 2.05) is 54.6 Å². The van der Waals surface area contributed by atoms with Gasteiger partial charge in [-0.25, -0.2) is 4.79 Å². The maximum Gasteiger partial charge on any atom is 0.337 e. The van der Waals surface area contributed by atoms with Crippen molar-refractivity contribution in [3.05, 3.63) is 84.1 Å². The maximum atomic E-state index is 11.6. The van der Waals surface area contributed by atoms with Crippen LogP contribution in [0.15, 0.2) is 72.9 Å². The molecule has 0 N–H and O–H groups in total. The number of aromatic nitrogens is 1. The molecular formula is C20H17NO3. The topological polar surface area (TPSA) is 48.4 Å². The SMILES string of the molecule is COC(=O)c1ccnc(-c2ccc(COc3ccccc3)cc2)c1. The number of carbonyl (C=O) groups excluding carboxylic acids is 1. The quantitative estimate of drug-likeness (QED) is 0.664. The van der Waals surface area contributed by atoms with Crippen LogP contribution in [0, 0.1) is 0 Å². The first-order valence-corrected chi connectivity index (χ1v) is 7.58. The van der Waals surface area contributed by atoms with Gasteiger partial charge >= 0.3 is 5.97 Å². The monoisotopic (exact) mass is 319 g/mol. The first-order chi connectivity index (χ1) is 11.8. The van der Waals surface area contributed by atoms with E-state index in [1.165, 1.54) is 7.11 Å². The number of rotatable bonds is 5. The second kappa shape index (κ2) is 7.42. The van der Waals surface area contributed by atoms with Crippen LogP contribution in [0.5, 0.6) is 5.75 Å². The normalized spacial score (nSPS) is 10.2. The van der Waals surface area contributed by atoms with Gasteiger partial charge in [0.05, 0.1) is 18.4 Å². The Morgan fingerprint density at radius 1 is 1.00 bits per heavy atom. The van der Waals surface area contributed by atoms with Crippen LogP contribution in [-0.4, -0.2) is 18.1 Å². The number of hydrogen-bond donors (Lipinski definition) is 0. The molecule has 0 atom stereocenters. The van der Waals surface area contributed by atoms with Crippen molar-refractivity contribution in [1.29, 1.82) is 0 Å². The third-order valence-electron chi connectivity index (χ3n) is 3.58. The van der Waals surface area contributed by atoms with Crippen LogP contribution in [0.4, 0.5) is 0 Å². The molecule has 24 heavy (non-hydrogen) atoms. The summed E-state index contributed by atoms with van der Waals surface area (Å²) in [5, 5.41) is 0. The molecule has 0 saturated carbocycles. The number of esters is 1. The molecule has 0 aliphatic rings. The van der Waals surface area contributed by atoms with Gasteiger partial charge in [-0.2, -0.15) is 0 Å². The third-order valence-corrected chi connectivity index (χ3v) is 3.58. The number of nitrogens with zero attached hydrogens (tertiary/aromatic N) is 1. The number of benzene rings is 2. The first kappa shape index (κ1) is 15.7. The van der Waals surface area contributed by atoms with Crippen LogP contribution in [-0.2, 0) is 11.3 Å². The molecule has 0 fully saturated rings. The summed E-state index contributed by atoms with van der Waals surface area (Å²) < 4.78 is 10.5. The van der Waals surface area contributed by atoms with E-state index < -0.39 is 0 Å². The molecule has 0 unspecified atom stereocenters. The van der Waals surface area contributed by atoms with Crippen molar-refractivity contribution in [2.45, 2.75) is 6.61 Å². The molecule has 1 heterocycles. The van der Waals surface area contributed by atoms with Crippen molar-refractivity contribution in [2.75, 3.05) is 7.11 Å². The number of hydrogen-bond acceptors (Lipinski definition) is 4. The lowest BCUT2D eigenvalue weighted by molar-refractivity contribution is 0.0600. The average Bonchev–Trinajstić information content (AvgIpc) is 2.67. The van der Waals surface area contributed by atoms with Crippen LogP contribution in [0.1, 0.15) is 15.9 Å². The smallest absolute Gasteiger partial charge is 0.337 e. The largest absolute Gasteiger partial charge is 0.489 e. The molecule has 4 nitrogen and oxygen atoms in total. The fraction of sp³-hybridized carbons (Fsp3) is 0.100. The number of methoxy groups -OCH3 is 1. The number of pyridine rings is 1. The summed E-state index contributed by atoms with van der Waals surface area (Å²) in [7, 11) is 1.37. The highest BCUT2D eigenvalue weighted by atomic mass is 16.5. The summed E-state index contributed by atoms with van der Waals surface area (Å²) >= 11 is 0. The molecule has 1 aromatic heterocycles. The highest BCUT2D eigenvalue weighted by Crippen LogP contribution is 2.20. The van der Waals surface area contributed by atoms with Crippen LogP contribution >= 0.6 is 0 Å². The minimum Gasteiger partial charge on any atom is -0.489 e. The molecule has 0 bridgehead atoms. The second-order valence-corrected chi connectivity index (χ2v) is 5.22. The van der Waals surface area contributed by atoms with Gasteiger partial charge in [-0.15, -0.1) is 0 Å². The van der Waals surface area contributed by atoms with Crippen molar-refractivity contribution in [2.24, 2.45) is 0 Å². The average molecular weight is 319 g/mol. The van der Waals surface area contributed by atoms with Gasteiger partial charge in [-0.3, -0.25) is 4.98 Å². The summed E-state index contributed by atoms with van der Waals surface area (Å²) in [5.41, 5.74) is 3.21. The lowest BCUT2D eigenvalue weighted by atomic mass is 10.1. The van der Waals surface area contributed by atoms with E-state index in [1.54, 1.807) is 18.3 Å². The molecule has 4 heteroatoms. The lowest BCUT2D eigenvalue weighted by Gasteiger charge is -2.07. The zero-order valence-electron chi connectivity index (χ0n) is 13.3. The van der Waals surface area contributed by atoms with Crippen molar-refractivity contribution >= 4 is 5.97 Å². The molecular weight excluding hydrogens is 302 g/mol. The van der Waals surface area contributed by atoms with Gasteiger partial charge in [0.2, 0.25) is 0 Å². The zero-order chi connectivity index (χ0) is 16.8. The van der Waals surface area contributed by atoms with Gasteiger partial charge in [0, 0.05) is 11.8 Å². The third kappa shape index (κ3) is 3.79. The Bertz CT molecular complexity index is 814. The number of para-hydroxylation sites is 1.